The molecule has 0 aliphatic heterocycles. The second-order valence-corrected chi connectivity index (χ2v) is 7.65. The lowest BCUT2D eigenvalue weighted by atomic mass is 10.3. The molecule has 0 aromatic carbocycles. The normalized spacial score (nSPS) is 12.4. The number of likely N-dealkylation sites (N-methyl/N-ethyl adjacent to an activating group) is 1. The number of ether oxygens (including phenoxy) is 2. The van der Waals surface area contributed by atoms with E-state index in [1.54, 1.807) is 0 Å². The third-order valence-electron chi connectivity index (χ3n) is 2.78. The fourth-order valence-corrected chi connectivity index (χ4v) is 2.17. The molecule has 0 saturated heterocycles. The highest BCUT2D eigenvalue weighted by Crippen LogP contribution is 2.01. The maximum Gasteiger partial charge on any atom is 0.331 e. The van der Waals surface area contributed by atoms with Gasteiger partial charge in [-0.05, 0) is 0 Å². The van der Waals surface area contributed by atoms with Gasteiger partial charge in [-0.25, -0.2) is 18.0 Å². The van der Waals surface area contributed by atoms with Crippen molar-refractivity contribution in [2.45, 2.75) is 6.42 Å². The van der Waals surface area contributed by atoms with Crippen LogP contribution in [0.2, 0.25) is 0 Å². The van der Waals surface area contributed by atoms with Crippen LogP contribution in [0.4, 0.5) is 0 Å². The van der Waals surface area contributed by atoms with Crippen molar-refractivity contribution < 1.29 is 32.0 Å². The van der Waals surface area contributed by atoms with Crippen LogP contribution in [0.1, 0.15) is 6.42 Å². The fraction of sp³-hybridized carbons (Fsp3) is 0.692. The Balaban J connectivity index is 4.01. The molecule has 0 fully saturated rings. The van der Waals surface area contributed by atoms with Crippen LogP contribution in [0.15, 0.2) is 12.2 Å². The number of methoxy groups -OCH3 is 1. The molecule has 8 heteroatoms. The van der Waals surface area contributed by atoms with Crippen LogP contribution < -0.4 is 0 Å². The second kappa shape index (κ2) is 8.78. The molecular formula is C13H24NO6S+. The molecule has 0 aliphatic carbocycles. The van der Waals surface area contributed by atoms with Gasteiger partial charge >= 0.3 is 11.9 Å². The van der Waals surface area contributed by atoms with Gasteiger partial charge in [-0.15, -0.1) is 0 Å². The SMILES string of the molecule is COC(=O)C=CC(=O)OCC[N+](C)(C)CCCS(C)(=O)=O. The molecule has 0 N–H and O–H groups in total. The number of hydrogen-bond acceptors (Lipinski definition) is 6. The highest BCUT2D eigenvalue weighted by atomic mass is 32.2. The molecule has 0 unspecified atom stereocenters. The molecule has 0 bridgehead atoms. The molecule has 0 atom stereocenters. The fourth-order valence-electron chi connectivity index (χ4n) is 1.51. The van der Waals surface area contributed by atoms with E-state index < -0.39 is 21.8 Å². The van der Waals surface area contributed by atoms with Crippen molar-refractivity contribution in [3.8, 4) is 0 Å². The Morgan fingerprint density at radius 2 is 1.67 bits per heavy atom. The van der Waals surface area contributed by atoms with Crippen molar-refractivity contribution in [1.82, 2.24) is 0 Å². The van der Waals surface area contributed by atoms with E-state index >= 15 is 0 Å². The topological polar surface area (TPSA) is 86.7 Å². The van der Waals surface area contributed by atoms with E-state index in [9.17, 15) is 18.0 Å². The lowest BCUT2D eigenvalue weighted by Crippen LogP contribution is -2.43. The van der Waals surface area contributed by atoms with Gasteiger partial charge in [0.2, 0.25) is 0 Å². The van der Waals surface area contributed by atoms with E-state index in [1.807, 2.05) is 14.1 Å². The third kappa shape index (κ3) is 12.1. The Labute approximate surface area is 126 Å². The first kappa shape index (κ1) is 19.6. The number of quaternary nitrogens is 1. The number of sulfone groups is 1. The first-order chi connectivity index (χ1) is 9.56. The van der Waals surface area contributed by atoms with E-state index in [-0.39, 0.29) is 12.4 Å². The molecule has 0 rings (SSSR count). The Morgan fingerprint density at radius 3 is 2.19 bits per heavy atom. The highest BCUT2D eigenvalue weighted by Gasteiger charge is 2.16. The van der Waals surface area contributed by atoms with Crippen LogP contribution in [0.25, 0.3) is 0 Å². The largest absolute Gasteiger partial charge is 0.466 e. The molecule has 0 aromatic heterocycles. The summed E-state index contributed by atoms with van der Waals surface area (Å²) in [6.45, 7) is 1.42. The zero-order valence-corrected chi connectivity index (χ0v) is 13.8. The Hall–Kier alpha value is -1.41. The molecular weight excluding hydrogens is 298 g/mol. The Morgan fingerprint density at radius 1 is 1.10 bits per heavy atom. The summed E-state index contributed by atoms with van der Waals surface area (Å²) in [6.07, 6.45) is 3.77. The maximum atomic E-state index is 11.3. The standard InChI is InChI=1S/C13H24NO6S/c1-14(2,8-5-11-21(4,17)18)9-10-20-13(16)7-6-12(15)19-3/h6-7H,5,8-11H2,1-4H3/q+1. The third-order valence-corrected chi connectivity index (χ3v) is 3.81. The number of rotatable bonds is 9. The molecule has 0 heterocycles. The van der Waals surface area contributed by atoms with Crippen molar-refractivity contribution in [3.05, 3.63) is 12.2 Å². The predicted molar refractivity (Wildman–Crippen MR) is 78.3 cm³/mol. The number of carbonyl (C=O) groups is 2. The number of esters is 2. The zero-order chi connectivity index (χ0) is 16.5. The van der Waals surface area contributed by atoms with Gasteiger partial charge in [-0.3, -0.25) is 0 Å². The Kier molecular flexibility index (Phi) is 8.19. The van der Waals surface area contributed by atoms with Crippen LogP contribution in [0.3, 0.4) is 0 Å². The quantitative estimate of drug-likeness (QED) is 0.331. The van der Waals surface area contributed by atoms with Crippen molar-refractivity contribution in [2.75, 3.05) is 52.9 Å². The van der Waals surface area contributed by atoms with Gasteiger partial charge in [0.15, 0.2) is 0 Å². The van der Waals surface area contributed by atoms with E-state index in [2.05, 4.69) is 4.74 Å². The van der Waals surface area contributed by atoms with E-state index in [0.29, 0.717) is 24.0 Å². The van der Waals surface area contributed by atoms with Crippen LogP contribution in [-0.2, 0) is 28.9 Å². The van der Waals surface area contributed by atoms with Gasteiger partial charge in [-0.2, -0.15) is 0 Å². The van der Waals surface area contributed by atoms with Gasteiger partial charge in [0.1, 0.15) is 23.0 Å². The summed E-state index contributed by atoms with van der Waals surface area (Å²) in [6, 6.07) is 0. The number of carbonyl (C=O) groups excluding carboxylic acids is 2. The summed E-state index contributed by atoms with van der Waals surface area (Å²) in [4.78, 5) is 22.1. The molecule has 0 aromatic rings. The average Bonchev–Trinajstić information content (AvgIpc) is 2.33. The minimum absolute atomic E-state index is 0.149. The molecule has 0 radical (unpaired) electrons. The van der Waals surface area contributed by atoms with E-state index in [1.165, 1.54) is 13.4 Å². The predicted octanol–water partition coefficient (Wildman–Crippen LogP) is -0.230. The van der Waals surface area contributed by atoms with Crippen molar-refractivity contribution in [2.24, 2.45) is 0 Å². The van der Waals surface area contributed by atoms with Crippen LogP contribution in [0, 0.1) is 0 Å². The summed E-state index contributed by atoms with van der Waals surface area (Å²) in [5.41, 5.74) is 0. The second-order valence-electron chi connectivity index (χ2n) is 5.39. The average molecular weight is 322 g/mol. The zero-order valence-electron chi connectivity index (χ0n) is 13.0. The van der Waals surface area contributed by atoms with Gasteiger partial charge in [0.05, 0.1) is 33.5 Å². The minimum Gasteiger partial charge on any atom is -0.466 e. The molecule has 7 nitrogen and oxygen atoms in total. The smallest absolute Gasteiger partial charge is 0.331 e. The molecule has 0 saturated carbocycles. The molecule has 0 spiro atoms. The molecule has 0 amide bonds. The summed E-state index contributed by atoms with van der Waals surface area (Å²) in [5, 5.41) is 0. The van der Waals surface area contributed by atoms with E-state index in [4.69, 9.17) is 4.74 Å². The van der Waals surface area contributed by atoms with Gasteiger partial charge < -0.3 is 14.0 Å². The van der Waals surface area contributed by atoms with E-state index in [0.717, 1.165) is 12.2 Å². The number of nitrogens with zero attached hydrogens (tertiary/aromatic N) is 1. The molecule has 0 aliphatic rings. The monoisotopic (exact) mass is 322 g/mol. The first-order valence-corrected chi connectivity index (χ1v) is 8.54. The molecule has 21 heavy (non-hydrogen) atoms. The lowest BCUT2D eigenvalue weighted by Gasteiger charge is -2.29. The minimum atomic E-state index is -2.95. The Bertz CT molecular complexity index is 481. The summed E-state index contributed by atoms with van der Waals surface area (Å²) >= 11 is 0. The highest BCUT2D eigenvalue weighted by molar-refractivity contribution is 7.90. The summed E-state index contributed by atoms with van der Waals surface area (Å²) in [5.74, 6) is -1.09. The molecule has 122 valence electrons. The maximum absolute atomic E-state index is 11.3. The summed E-state index contributed by atoms with van der Waals surface area (Å²) in [7, 11) is 2.13. The lowest BCUT2D eigenvalue weighted by molar-refractivity contribution is -0.890. The van der Waals surface area contributed by atoms with Crippen molar-refractivity contribution in [3.63, 3.8) is 0 Å². The van der Waals surface area contributed by atoms with Crippen LogP contribution >= 0.6 is 0 Å². The van der Waals surface area contributed by atoms with Gasteiger partial charge in [0, 0.05) is 24.8 Å². The number of hydrogen-bond donors (Lipinski definition) is 0. The van der Waals surface area contributed by atoms with Gasteiger partial charge in [0.25, 0.3) is 0 Å². The van der Waals surface area contributed by atoms with Crippen LogP contribution in [0.5, 0.6) is 0 Å². The van der Waals surface area contributed by atoms with Crippen LogP contribution in [-0.4, -0.2) is 77.7 Å². The van der Waals surface area contributed by atoms with Gasteiger partial charge in [-0.1, -0.05) is 0 Å². The van der Waals surface area contributed by atoms with Crippen molar-refractivity contribution in [1.29, 1.82) is 0 Å². The van der Waals surface area contributed by atoms with Crippen molar-refractivity contribution >= 4 is 21.8 Å². The first-order valence-electron chi connectivity index (χ1n) is 6.48. The summed E-state index contributed by atoms with van der Waals surface area (Å²) < 4.78 is 31.9.